The predicted molar refractivity (Wildman–Crippen MR) is 89.7 cm³/mol. The first-order valence-electron chi connectivity index (χ1n) is 7.50. The van der Waals surface area contributed by atoms with E-state index in [9.17, 15) is 0 Å². The van der Waals surface area contributed by atoms with Gasteiger partial charge in [-0.25, -0.2) is 9.97 Å². The number of hydrogen-bond acceptors (Lipinski definition) is 5. The van der Waals surface area contributed by atoms with Crippen molar-refractivity contribution in [2.24, 2.45) is 0 Å². The Morgan fingerprint density at radius 3 is 2.41 bits per heavy atom. The summed E-state index contributed by atoms with van der Waals surface area (Å²) in [4.78, 5) is 9.33. The third-order valence-electron chi connectivity index (χ3n) is 3.07. The molecule has 1 heterocycles. The van der Waals surface area contributed by atoms with E-state index in [2.05, 4.69) is 35.9 Å². The zero-order valence-electron chi connectivity index (χ0n) is 13.2. The minimum absolute atomic E-state index is 0.114. The second kappa shape index (κ2) is 8.63. The molecule has 2 unspecified atom stereocenters. The van der Waals surface area contributed by atoms with Crippen LogP contribution >= 0.6 is 11.8 Å². The number of rotatable bonds is 8. The Balaban J connectivity index is 1.79. The molecule has 0 spiro atoms. The van der Waals surface area contributed by atoms with Crippen molar-refractivity contribution in [2.45, 2.75) is 43.4 Å². The molecule has 118 valence electrons. The smallest absolute Gasteiger partial charge is 0.316 e. The Labute approximate surface area is 136 Å². The quantitative estimate of drug-likeness (QED) is 0.682. The molecule has 1 aromatic heterocycles. The number of benzene rings is 1. The van der Waals surface area contributed by atoms with Gasteiger partial charge in [-0.3, -0.25) is 0 Å². The maximum atomic E-state index is 5.74. The van der Waals surface area contributed by atoms with Gasteiger partial charge in [0.1, 0.15) is 18.5 Å². The second-order valence-corrected chi connectivity index (χ2v) is 6.59. The first-order valence-corrected chi connectivity index (χ1v) is 8.38. The lowest BCUT2D eigenvalue weighted by molar-refractivity contribution is 0.132. The summed E-state index contributed by atoms with van der Waals surface area (Å²) >= 11 is 1.88. The highest BCUT2D eigenvalue weighted by atomic mass is 32.2. The van der Waals surface area contributed by atoms with Crippen LogP contribution in [0.4, 0.5) is 0 Å². The summed E-state index contributed by atoms with van der Waals surface area (Å²) in [7, 11) is 0. The Morgan fingerprint density at radius 2 is 1.77 bits per heavy atom. The fourth-order valence-electron chi connectivity index (χ4n) is 1.70. The van der Waals surface area contributed by atoms with Crippen LogP contribution in [0.2, 0.25) is 0 Å². The van der Waals surface area contributed by atoms with E-state index >= 15 is 0 Å². The third-order valence-corrected chi connectivity index (χ3v) is 4.35. The highest BCUT2D eigenvalue weighted by Crippen LogP contribution is 2.26. The molecule has 0 aliphatic rings. The van der Waals surface area contributed by atoms with Gasteiger partial charge in [0, 0.05) is 22.5 Å². The van der Waals surface area contributed by atoms with Crippen LogP contribution in [0, 0.1) is 0 Å². The molecule has 0 amide bonds. The lowest BCUT2D eigenvalue weighted by Crippen LogP contribution is -2.22. The van der Waals surface area contributed by atoms with Crippen LogP contribution in [0.5, 0.6) is 11.8 Å². The van der Waals surface area contributed by atoms with E-state index in [0.29, 0.717) is 17.9 Å². The van der Waals surface area contributed by atoms with Crippen LogP contribution in [0.3, 0.4) is 0 Å². The summed E-state index contributed by atoms with van der Waals surface area (Å²) in [5, 5.41) is 0.631. The van der Waals surface area contributed by atoms with Crippen molar-refractivity contribution in [1.82, 2.24) is 9.97 Å². The summed E-state index contributed by atoms with van der Waals surface area (Å²) in [5.74, 6) is 0.845. The maximum absolute atomic E-state index is 5.74. The Kier molecular flexibility index (Phi) is 6.52. The Bertz CT molecular complexity index is 548. The standard InChI is InChI=1S/C17H22N2O2S/c1-4-14(3)22-16-8-6-15(7-9-16)20-12-13(2)21-17-18-10-5-11-19-17/h5-11,13-14H,4,12H2,1-3H3. The second-order valence-electron chi connectivity index (χ2n) is 5.08. The zero-order valence-corrected chi connectivity index (χ0v) is 14.0. The van der Waals surface area contributed by atoms with Gasteiger partial charge in [0.05, 0.1) is 0 Å². The molecule has 0 N–H and O–H groups in total. The van der Waals surface area contributed by atoms with Gasteiger partial charge in [-0.15, -0.1) is 11.8 Å². The van der Waals surface area contributed by atoms with Crippen molar-refractivity contribution >= 4 is 11.8 Å². The Hall–Kier alpha value is -1.75. The van der Waals surface area contributed by atoms with E-state index in [1.54, 1.807) is 18.5 Å². The van der Waals surface area contributed by atoms with E-state index in [1.165, 1.54) is 11.3 Å². The van der Waals surface area contributed by atoms with E-state index < -0.39 is 0 Å². The van der Waals surface area contributed by atoms with Gasteiger partial charge in [-0.05, 0) is 43.7 Å². The topological polar surface area (TPSA) is 44.2 Å². The van der Waals surface area contributed by atoms with Crippen molar-refractivity contribution in [3.63, 3.8) is 0 Å². The van der Waals surface area contributed by atoms with Gasteiger partial charge in [0.15, 0.2) is 0 Å². The average Bonchev–Trinajstić information content (AvgIpc) is 2.55. The number of thioether (sulfide) groups is 1. The fourth-order valence-corrected chi connectivity index (χ4v) is 2.63. The van der Waals surface area contributed by atoms with Gasteiger partial charge in [0.25, 0.3) is 0 Å². The molecule has 22 heavy (non-hydrogen) atoms. The van der Waals surface area contributed by atoms with Crippen molar-refractivity contribution in [1.29, 1.82) is 0 Å². The fraction of sp³-hybridized carbons (Fsp3) is 0.412. The molecule has 0 saturated carbocycles. The summed E-state index contributed by atoms with van der Waals surface area (Å²) < 4.78 is 11.3. The van der Waals surface area contributed by atoms with Gasteiger partial charge >= 0.3 is 6.01 Å². The molecule has 0 fully saturated rings. The minimum atomic E-state index is -0.114. The molecule has 0 aliphatic carbocycles. The number of nitrogens with zero attached hydrogens (tertiary/aromatic N) is 2. The van der Waals surface area contributed by atoms with Gasteiger partial charge in [-0.2, -0.15) is 0 Å². The summed E-state index contributed by atoms with van der Waals surface area (Å²) in [6.07, 6.45) is 4.36. The van der Waals surface area contributed by atoms with Gasteiger partial charge in [-0.1, -0.05) is 13.8 Å². The van der Waals surface area contributed by atoms with Crippen molar-refractivity contribution in [3.8, 4) is 11.8 Å². The van der Waals surface area contributed by atoms with E-state index in [0.717, 1.165) is 5.75 Å². The first kappa shape index (κ1) is 16.6. The lowest BCUT2D eigenvalue weighted by Gasteiger charge is -2.14. The molecule has 0 saturated heterocycles. The molecule has 5 heteroatoms. The summed E-state index contributed by atoms with van der Waals surface area (Å²) in [6.45, 7) is 6.83. The summed E-state index contributed by atoms with van der Waals surface area (Å²) in [6, 6.07) is 10.3. The molecule has 2 aromatic rings. The zero-order chi connectivity index (χ0) is 15.8. The third kappa shape index (κ3) is 5.56. The Morgan fingerprint density at radius 1 is 1.09 bits per heavy atom. The normalized spacial score (nSPS) is 13.4. The number of ether oxygens (including phenoxy) is 2. The van der Waals surface area contributed by atoms with Crippen molar-refractivity contribution in [3.05, 3.63) is 42.7 Å². The maximum Gasteiger partial charge on any atom is 0.316 e. The van der Waals surface area contributed by atoms with Crippen LogP contribution in [-0.4, -0.2) is 27.9 Å². The highest BCUT2D eigenvalue weighted by Gasteiger charge is 2.07. The highest BCUT2D eigenvalue weighted by molar-refractivity contribution is 7.99. The summed E-state index contributed by atoms with van der Waals surface area (Å²) in [5.41, 5.74) is 0. The monoisotopic (exact) mass is 318 g/mol. The molecule has 2 rings (SSSR count). The number of aromatic nitrogens is 2. The molecule has 0 aliphatic heterocycles. The van der Waals surface area contributed by atoms with Crippen molar-refractivity contribution < 1.29 is 9.47 Å². The van der Waals surface area contributed by atoms with E-state index in [1.807, 2.05) is 30.8 Å². The van der Waals surface area contributed by atoms with Crippen LogP contribution in [-0.2, 0) is 0 Å². The molecule has 0 bridgehead atoms. The van der Waals surface area contributed by atoms with Gasteiger partial charge in [0.2, 0.25) is 0 Å². The number of hydrogen-bond donors (Lipinski definition) is 0. The van der Waals surface area contributed by atoms with Gasteiger partial charge < -0.3 is 9.47 Å². The SMILES string of the molecule is CCC(C)Sc1ccc(OCC(C)Oc2ncccn2)cc1. The lowest BCUT2D eigenvalue weighted by atomic mass is 10.3. The van der Waals surface area contributed by atoms with Crippen LogP contribution in [0.25, 0.3) is 0 Å². The molecular weight excluding hydrogens is 296 g/mol. The minimum Gasteiger partial charge on any atom is -0.490 e. The van der Waals surface area contributed by atoms with Crippen LogP contribution in [0.1, 0.15) is 27.2 Å². The van der Waals surface area contributed by atoms with E-state index in [4.69, 9.17) is 9.47 Å². The van der Waals surface area contributed by atoms with Crippen molar-refractivity contribution in [2.75, 3.05) is 6.61 Å². The van der Waals surface area contributed by atoms with E-state index in [-0.39, 0.29) is 6.10 Å². The molecule has 4 nitrogen and oxygen atoms in total. The van der Waals surface area contributed by atoms with Crippen LogP contribution in [0.15, 0.2) is 47.6 Å². The molecule has 0 radical (unpaired) electrons. The molecular formula is C17H22N2O2S. The van der Waals surface area contributed by atoms with Crippen LogP contribution < -0.4 is 9.47 Å². The average molecular weight is 318 g/mol. The largest absolute Gasteiger partial charge is 0.490 e. The molecule has 1 aromatic carbocycles. The predicted octanol–water partition coefficient (Wildman–Crippen LogP) is 4.21. The first-order chi connectivity index (χ1) is 10.7. The molecule has 2 atom stereocenters.